The van der Waals surface area contributed by atoms with Crippen molar-refractivity contribution in [2.45, 2.75) is 19.4 Å². The van der Waals surface area contributed by atoms with Crippen LogP contribution in [0.25, 0.3) is 38.5 Å². The largest absolute Gasteiger partial charge is 0.482 e. The van der Waals surface area contributed by atoms with Gasteiger partial charge >= 0.3 is 0 Å². The molecule has 0 unspecified atom stereocenters. The van der Waals surface area contributed by atoms with Crippen molar-refractivity contribution in [1.82, 2.24) is 4.57 Å². The Bertz CT molecular complexity index is 1310. The van der Waals surface area contributed by atoms with Crippen LogP contribution >= 0.6 is 0 Å². The van der Waals surface area contributed by atoms with Gasteiger partial charge in [0.05, 0.1) is 5.52 Å². The molecule has 0 saturated heterocycles. The highest BCUT2D eigenvalue weighted by atomic mass is 16.5. The Morgan fingerprint density at radius 1 is 0.885 bits per heavy atom. The number of aromatic nitrogens is 1. The van der Waals surface area contributed by atoms with E-state index in [-0.39, 0.29) is 11.2 Å². The van der Waals surface area contributed by atoms with Gasteiger partial charge in [-0.05, 0) is 42.8 Å². The summed E-state index contributed by atoms with van der Waals surface area (Å²) in [6, 6.07) is 16.1. The monoisotopic (exact) mass is 341 g/mol. The van der Waals surface area contributed by atoms with Crippen molar-refractivity contribution in [2.24, 2.45) is 7.05 Å². The number of ether oxygens (including phenoxy) is 1. The molecule has 0 bridgehead atoms. The first-order valence-electron chi connectivity index (χ1n) is 8.82. The molecule has 128 valence electrons. The molecule has 0 atom stereocenters. The number of fused-ring (bicyclic) bond motifs is 8. The summed E-state index contributed by atoms with van der Waals surface area (Å²) < 4.78 is 8.10. The molecule has 4 aromatic rings. The highest BCUT2D eigenvalue weighted by Crippen LogP contribution is 2.44. The number of nitrogens with zero attached hydrogens (tertiary/aromatic N) is 1. The quantitative estimate of drug-likeness (QED) is 0.420. The van der Waals surface area contributed by atoms with Crippen LogP contribution in [0.3, 0.4) is 0 Å². The lowest BCUT2D eigenvalue weighted by Crippen LogP contribution is -2.28. The third-order valence-electron chi connectivity index (χ3n) is 5.26. The zero-order valence-corrected chi connectivity index (χ0v) is 15.0. The first kappa shape index (κ1) is 15.2. The highest BCUT2D eigenvalue weighted by Gasteiger charge is 2.27. The Kier molecular flexibility index (Phi) is 2.91. The minimum absolute atomic E-state index is 0.0174. The molecule has 2 heterocycles. The van der Waals surface area contributed by atoms with Gasteiger partial charge in [-0.2, -0.15) is 0 Å². The van der Waals surface area contributed by atoms with Gasteiger partial charge in [0.2, 0.25) is 0 Å². The summed E-state index contributed by atoms with van der Waals surface area (Å²) >= 11 is 0. The van der Waals surface area contributed by atoms with E-state index in [1.807, 2.05) is 57.3 Å². The lowest BCUT2D eigenvalue weighted by Gasteiger charge is -2.30. The Morgan fingerprint density at radius 3 is 2.15 bits per heavy atom. The second-order valence-corrected chi connectivity index (χ2v) is 7.46. The zero-order chi connectivity index (χ0) is 18.1. The second-order valence-electron chi connectivity index (χ2n) is 7.46. The molecule has 0 radical (unpaired) electrons. The Labute approximate surface area is 151 Å². The standard InChI is InChI=1S/C23H19NO2/c1-23(2)13-12-18-20-19(14-8-4-6-10-16(14)21(18)26-23)15-9-5-7-11-17(15)22(25)24(20)3/h4-13H,1-3H3. The predicted octanol–water partition coefficient (Wildman–Crippen LogP) is 5.03. The summed E-state index contributed by atoms with van der Waals surface area (Å²) in [7, 11) is 1.85. The molecule has 1 aromatic heterocycles. The fourth-order valence-electron chi connectivity index (χ4n) is 4.05. The SMILES string of the molecule is Cn1c(=O)c2ccccc2c2c3ccccc3c3c(c21)C=CC(C)(C)O3. The summed E-state index contributed by atoms with van der Waals surface area (Å²) in [6.45, 7) is 4.09. The summed E-state index contributed by atoms with van der Waals surface area (Å²) in [4.78, 5) is 13.0. The van der Waals surface area contributed by atoms with Gasteiger partial charge in [0.25, 0.3) is 5.56 Å². The Morgan fingerprint density at radius 2 is 1.46 bits per heavy atom. The van der Waals surface area contributed by atoms with E-state index >= 15 is 0 Å². The van der Waals surface area contributed by atoms with Crippen LogP contribution in [0.15, 0.2) is 59.4 Å². The predicted molar refractivity (Wildman–Crippen MR) is 108 cm³/mol. The maximum atomic E-state index is 13.0. The fraction of sp³-hybridized carbons (Fsp3) is 0.174. The summed E-state index contributed by atoms with van der Waals surface area (Å²) in [5.41, 5.74) is 1.54. The minimum Gasteiger partial charge on any atom is -0.482 e. The number of aryl methyl sites for hydroxylation is 1. The molecule has 0 N–H and O–H groups in total. The second kappa shape index (κ2) is 4.98. The molecular formula is C23H19NO2. The molecule has 1 aliphatic heterocycles. The van der Waals surface area contributed by atoms with Crippen LogP contribution in [0.5, 0.6) is 5.75 Å². The van der Waals surface area contributed by atoms with Gasteiger partial charge in [-0.25, -0.2) is 0 Å². The maximum absolute atomic E-state index is 13.0. The lowest BCUT2D eigenvalue weighted by molar-refractivity contribution is 0.162. The number of rotatable bonds is 0. The van der Waals surface area contributed by atoms with Crippen molar-refractivity contribution < 1.29 is 4.74 Å². The van der Waals surface area contributed by atoms with Crippen molar-refractivity contribution in [1.29, 1.82) is 0 Å². The average Bonchev–Trinajstić information content (AvgIpc) is 2.64. The normalized spacial score (nSPS) is 15.3. The molecule has 0 spiro atoms. The van der Waals surface area contributed by atoms with E-state index in [1.54, 1.807) is 4.57 Å². The van der Waals surface area contributed by atoms with Crippen LogP contribution < -0.4 is 10.3 Å². The minimum atomic E-state index is -0.376. The van der Waals surface area contributed by atoms with Gasteiger partial charge in [0.1, 0.15) is 11.4 Å². The smallest absolute Gasteiger partial charge is 0.258 e. The number of hydrogen-bond acceptors (Lipinski definition) is 2. The van der Waals surface area contributed by atoms with E-state index in [2.05, 4.69) is 24.3 Å². The first-order chi connectivity index (χ1) is 12.5. The van der Waals surface area contributed by atoms with Gasteiger partial charge in [-0.15, -0.1) is 0 Å². The van der Waals surface area contributed by atoms with E-state index in [0.29, 0.717) is 0 Å². The van der Waals surface area contributed by atoms with E-state index in [1.165, 1.54) is 0 Å². The molecule has 0 fully saturated rings. The maximum Gasteiger partial charge on any atom is 0.258 e. The number of pyridine rings is 1. The van der Waals surface area contributed by atoms with Crippen LogP contribution in [0, 0.1) is 0 Å². The first-order valence-corrected chi connectivity index (χ1v) is 8.82. The summed E-state index contributed by atoms with van der Waals surface area (Å²) in [5, 5.41) is 5.02. The average molecular weight is 341 g/mol. The van der Waals surface area contributed by atoms with Crippen LogP contribution in [0.2, 0.25) is 0 Å². The van der Waals surface area contributed by atoms with Crippen LogP contribution in [0.4, 0.5) is 0 Å². The highest BCUT2D eigenvalue weighted by molar-refractivity contribution is 6.23. The van der Waals surface area contributed by atoms with Crippen molar-refractivity contribution >= 4 is 38.5 Å². The van der Waals surface area contributed by atoms with Crippen LogP contribution in [-0.4, -0.2) is 10.2 Å². The fourth-order valence-corrected chi connectivity index (χ4v) is 4.05. The Hall–Kier alpha value is -3.07. The van der Waals surface area contributed by atoms with Crippen molar-refractivity contribution in [3.63, 3.8) is 0 Å². The topological polar surface area (TPSA) is 31.2 Å². The third kappa shape index (κ3) is 1.91. The molecule has 3 heteroatoms. The van der Waals surface area contributed by atoms with E-state index in [0.717, 1.165) is 43.8 Å². The van der Waals surface area contributed by atoms with Crippen molar-refractivity contribution in [3.8, 4) is 5.75 Å². The van der Waals surface area contributed by atoms with E-state index in [9.17, 15) is 4.79 Å². The number of hydrogen-bond donors (Lipinski definition) is 0. The van der Waals surface area contributed by atoms with E-state index < -0.39 is 0 Å². The molecule has 0 aliphatic carbocycles. The lowest BCUT2D eigenvalue weighted by atomic mass is 9.92. The molecule has 3 nitrogen and oxygen atoms in total. The third-order valence-corrected chi connectivity index (χ3v) is 5.26. The van der Waals surface area contributed by atoms with Gasteiger partial charge in [0, 0.05) is 28.8 Å². The Balaban J connectivity index is 2.16. The molecular weight excluding hydrogens is 322 g/mol. The molecule has 5 rings (SSSR count). The molecule has 3 aromatic carbocycles. The molecule has 0 amide bonds. The van der Waals surface area contributed by atoms with Crippen molar-refractivity contribution in [2.75, 3.05) is 0 Å². The zero-order valence-electron chi connectivity index (χ0n) is 15.0. The molecule has 1 aliphatic rings. The summed E-state index contributed by atoms with van der Waals surface area (Å²) in [5.74, 6) is 0.853. The van der Waals surface area contributed by atoms with Gasteiger partial charge in [0.15, 0.2) is 0 Å². The number of benzene rings is 3. The summed E-state index contributed by atoms with van der Waals surface area (Å²) in [6.07, 6.45) is 4.16. The molecule has 26 heavy (non-hydrogen) atoms. The molecule has 0 saturated carbocycles. The van der Waals surface area contributed by atoms with Crippen molar-refractivity contribution in [3.05, 3.63) is 70.5 Å². The van der Waals surface area contributed by atoms with Gasteiger partial charge in [-0.1, -0.05) is 42.5 Å². The van der Waals surface area contributed by atoms with Gasteiger partial charge < -0.3 is 9.30 Å². The van der Waals surface area contributed by atoms with E-state index in [4.69, 9.17) is 4.74 Å². The van der Waals surface area contributed by atoms with Gasteiger partial charge in [-0.3, -0.25) is 4.79 Å². The van der Waals surface area contributed by atoms with Crippen LogP contribution in [0.1, 0.15) is 19.4 Å². The van der Waals surface area contributed by atoms with Crippen LogP contribution in [-0.2, 0) is 7.05 Å².